The number of aromatic amines is 1. The smallest absolute Gasteiger partial charge is 0.252 e. The fourth-order valence-electron chi connectivity index (χ4n) is 1.91. The van der Waals surface area contributed by atoms with Gasteiger partial charge in [0.2, 0.25) is 0 Å². The number of pyridine rings is 1. The number of hydrogen-bond acceptors (Lipinski definition) is 3. The molecule has 0 spiro atoms. The Balaban J connectivity index is 2.04. The Kier molecular flexibility index (Phi) is 4.50. The Hall–Kier alpha value is -1.65. The van der Waals surface area contributed by atoms with E-state index < -0.39 is 0 Å². The van der Waals surface area contributed by atoms with Gasteiger partial charge in [-0.05, 0) is 36.9 Å². The van der Waals surface area contributed by atoms with E-state index in [2.05, 4.69) is 10.3 Å². The number of para-hydroxylation sites is 1. The van der Waals surface area contributed by atoms with E-state index in [-0.39, 0.29) is 12.2 Å². The summed E-state index contributed by atoms with van der Waals surface area (Å²) in [5.41, 5.74) is 1.58. The molecule has 0 bridgehead atoms. The van der Waals surface area contributed by atoms with E-state index >= 15 is 0 Å². The predicted molar refractivity (Wildman–Crippen MR) is 72.6 cm³/mol. The van der Waals surface area contributed by atoms with Crippen LogP contribution < -0.4 is 10.9 Å². The molecule has 18 heavy (non-hydrogen) atoms. The SMILES string of the molecule is O=c1[nH]c2ccccc2cc1CNCCCCO. The van der Waals surface area contributed by atoms with Gasteiger partial charge in [0.25, 0.3) is 5.56 Å². The summed E-state index contributed by atoms with van der Waals surface area (Å²) in [6.45, 7) is 1.59. The summed E-state index contributed by atoms with van der Waals surface area (Å²) in [6.07, 6.45) is 1.71. The van der Waals surface area contributed by atoms with Crippen molar-refractivity contribution in [2.75, 3.05) is 13.2 Å². The fraction of sp³-hybridized carbons (Fsp3) is 0.357. The second-order valence-corrected chi connectivity index (χ2v) is 4.32. The van der Waals surface area contributed by atoms with E-state index in [1.807, 2.05) is 30.3 Å². The van der Waals surface area contributed by atoms with Crippen LogP contribution in [-0.2, 0) is 6.54 Å². The highest BCUT2D eigenvalue weighted by Crippen LogP contribution is 2.09. The minimum absolute atomic E-state index is 0.0386. The first-order chi connectivity index (χ1) is 8.81. The maximum absolute atomic E-state index is 11.8. The molecule has 0 amide bonds. The number of H-pyrrole nitrogens is 1. The van der Waals surface area contributed by atoms with Crippen LogP contribution in [0.15, 0.2) is 35.1 Å². The molecule has 0 aliphatic carbocycles. The van der Waals surface area contributed by atoms with Crippen LogP contribution in [0.4, 0.5) is 0 Å². The molecule has 0 radical (unpaired) electrons. The van der Waals surface area contributed by atoms with Crippen molar-refractivity contribution in [1.29, 1.82) is 0 Å². The first-order valence-electron chi connectivity index (χ1n) is 6.24. The van der Waals surface area contributed by atoms with Crippen molar-refractivity contribution in [3.63, 3.8) is 0 Å². The maximum atomic E-state index is 11.8. The number of hydrogen-bond donors (Lipinski definition) is 3. The third kappa shape index (κ3) is 3.18. The van der Waals surface area contributed by atoms with Crippen LogP contribution in [0.3, 0.4) is 0 Å². The van der Waals surface area contributed by atoms with Crippen molar-refractivity contribution in [3.8, 4) is 0 Å². The molecular formula is C14H18N2O2. The molecule has 0 saturated carbocycles. The summed E-state index contributed by atoms with van der Waals surface area (Å²) in [5.74, 6) is 0. The molecule has 3 N–H and O–H groups in total. The van der Waals surface area contributed by atoms with Crippen molar-refractivity contribution in [2.24, 2.45) is 0 Å². The summed E-state index contributed by atoms with van der Waals surface area (Å²) in [6, 6.07) is 9.67. The molecule has 4 nitrogen and oxygen atoms in total. The Morgan fingerprint density at radius 2 is 2.06 bits per heavy atom. The number of aliphatic hydroxyl groups excluding tert-OH is 1. The van der Waals surface area contributed by atoms with Gasteiger partial charge in [-0.25, -0.2) is 0 Å². The Bertz CT molecular complexity index is 563. The van der Waals surface area contributed by atoms with Crippen LogP contribution in [-0.4, -0.2) is 23.2 Å². The molecular weight excluding hydrogens is 228 g/mol. The van der Waals surface area contributed by atoms with Gasteiger partial charge in [-0.1, -0.05) is 18.2 Å². The first kappa shape index (κ1) is 12.8. The first-order valence-corrected chi connectivity index (χ1v) is 6.24. The van der Waals surface area contributed by atoms with Crippen molar-refractivity contribution in [2.45, 2.75) is 19.4 Å². The number of rotatable bonds is 6. The number of aliphatic hydroxyl groups is 1. The molecule has 0 saturated heterocycles. The third-order valence-corrected chi connectivity index (χ3v) is 2.91. The predicted octanol–water partition coefficient (Wildman–Crippen LogP) is 1.39. The quantitative estimate of drug-likeness (QED) is 0.675. The standard InChI is InChI=1S/C14H18N2O2/c17-8-4-3-7-15-10-12-9-11-5-1-2-6-13(11)16-14(12)18/h1-2,5-6,9,15,17H,3-4,7-8,10H2,(H,16,18). The largest absolute Gasteiger partial charge is 0.396 e. The molecule has 0 atom stereocenters. The lowest BCUT2D eigenvalue weighted by molar-refractivity contribution is 0.283. The van der Waals surface area contributed by atoms with Gasteiger partial charge >= 0.3 is 0 Å². The zero-order valence-corrected chi connectivity index (χ0v) is 10.3. The van der Waals surface area contributed by atoms with E-state index in [4.69, 9.17) is 5.11 Å². The number of nitrogens with one attached hydrogen (secondary N) is 2. The van der Waals surface area contributed by atoms with Crippen LogP contribution in [0.25, 0.3) is 10.9 Å². The van der Waals surface area contributed by atoms with E-state index in [0.29, 0.717) is 6.54 Å². The Labute approximate surface area is 106 Å². The van der Waals surface area contributed by atoms with Gasteiger partial charge in [-0.15, -0.1) is 0 Å². The summed E-state index contributed by atoms with van der Waals surface area (Å²) < 4.78 is 0. The van der Waals surface area contributed by atoms with Gasteiger partial charge in [0.1, 0.15) is 0 Å². The molecule has 4 heteroatoms. The Morgan fingerprint density at radius 1 is 1.22 bits per heavy atom. The van der Waals surface area contributed by atoms with Gasteiger partial charge in [0.05, 0.1) is 0 Å². The van der Waals surface area contributed by atoms with Crippen molar-refractivity contribution >= 4 is 10.9 Å². The van der Waals surface area contributed by atoms with E-state index in [0.717, 1.165) is 35.9 Å². The van der Waals surface area contributed by atoms with Crippen LogP contribution in [0.1, 0.15) is 18.4 Å². The second-order valence-electron chi connectivity index (χ2n) is 4.32. The minimum atomic E-state index is -0.0386. The lowest BCUT2D eigenvalue weighted by atomic mass is 10.1. The highest BCUT2D eigenvalue weighted by Gasteiger charge is 2.01. The monoisotopic (exact) mass is 246 g/mol. The molecule has 0 fully saturated rings. The van der Waals surface area contributed by atoms with Gasteiger partial charge in [-0.2, -0.15) is 0 Å². The molecule has 2 aromatic rings. The second kappa shape index (κ2) is 6.33. The van der Waals surface area contributed by atoms with Gasteiger partial charge in [0.15, 0.2) is 0 Å². The molecule has 0 aliphatic rings. The zero-order chi connectivity index (χ0) is 12.8. The zero-order valence-electron chi connectivity index (χ0n) is 10.3. The molecule has 1 aromatic carbocycles. The van der Waals surface area contributed by atoms with Crippen molar-refractivity contribution in [3.05, 3.63) is 46.2 Å². The Morgan fingerprint density at radius 3 is 2.89 bits per heavy atom. The lowest BCUT2D eigenvalue weighted by Crippen LogP contribution is -2.21. The normalized spacial score (nSPS) is 10.9. The summed E-state index contributed by atoms with van der Waals surface area (Å²) in [4.78, 5) is 14.7. The number of aromatic nitrogens is 1. The molecule has 0 aliphatic heterocycles. The average Bonchev–Trinajstić information content (AvgIpc) is 2.39. The summed E-state index contributed by atoms with van der Waals surface area (Å²) in [5, 5.41) is 12.9. The summed E-state index contributed by atoms with van der Waals surface area (Å²) >= 11 is 0. The fourth-order valence-corrected chi connectivity index (χ4v) is 1.91. The molecule has 2 rings (SSSR count). The van der Waals surface area contributed by atoms with Crippen molar-refractivity contribution < 1.29 is 5.11 Å². The van der Waals surface area contributed by atoms with Crippen LogP contribution in [0, 0.1) is 0 Å². The third-order valence-electron chi connectivity index (χ3n) is 2.91. The van der Waals surface area contributed by atoms with Crippen LogP contribution in [0.2, 0.25) is 0 Å². The lowest BCUT2D eigenvalue weighted by Gasteiger charge is -2.05. The maximum Gasteiger partial charge on any atom is 0.252 e. The highest BCUT2D eigenvalue weighted by atomic mass is 16.2. The van der Waals surface area contributed by atoms with E-state index in [1.54, 1.807) is 0 Å². The molecule has 96 valence electrons. The topological polar surface area (TPSA) is 65.1 Å². The van der Waals surface area contributed by atoms with Gasteiger partial charge in [0, 0.05) is 24.2 Å². The van der Waals surface area contributed by atoms with Crippen LogP contribution >= 0.6 is 0 Å². The number of fused-ring (bicyclic) bond motifs is 1. The van der Waals surface area contributed by atoms with Crippen LogP contribution in [0.5, 0.6) is 0 Å². The average molecular weight is 246 g/mol. The highest BCUT2D eigenvalue weighted by molar-refractivity contribution is 5.78. The molecule has 1 aromatic heterocycles. The molecule has 0 unspecified atom stereocenters. The minimum Gasteiger partial charge on any atom is -0.396 e. The van der Waals surface area contributed by atoms with E-state index in [9.17, 15) is 4.79 Å². The molecule has 1 heterocycles. The van der Waals surface area contributed by atoms with Gasteiger partial charge < -0.3 is 15.4 Å². The summed E-state index contributed by atoms with van der Waals surface area (Å²) in [7, 11) is 0. The number of benzene rings is 1. The van der Waals surface area contributed by atoms with Gasteiger partial charge in [-0.3, -0.25) is 4.79 Å². The number of unbranched alkanes of at least 4 members (excludes halogenated alkanes) is 1. The van der Waals surface area contributed by atoms with E-state index in [1.165, 1.54) is 0 Å². The van der Waals surface area contributed by atoms with Crippen molar-refractivity contribution in [1.82, 2.24) is 10.3 Å².